The Kier molecular flexibility index (Phi) is 3.14. The van der Waals surface area contributed by atoms with E-state index in [1.807, 2.05) is 0 Å². The third-order valence-corrected chi connectivity index (χ3v) is 4.11. The van der Waals surface area contributed by atoms with E-state index in [2.05, 4.69) is 5.32 Å². The van der Waals surface area contributed by atoms with Crippen LogP contribution in [0.15, 0.2) is 18.2 Å². The summed E-state index contributed by atoms with van der Waals surface area (Å²) in [6.07, 6.45) is 1.00. The van der Waals surface area contributed by atoms with Gasteiger partial charge in [0.05, 0.1) is 12.7 Å². The van der Waals surface area contributed by atoms with Crippen LogP contribution in [0.1, 0.15) is 16.8 Å². The molecule has 0 aliphatic carbocycles. The van der Waals surface area contributed by atoms with Gasteiger partial charge in [-0.05, 0) is 24.5 Å². The van der Waals surface area contributed by atoms with Crippen LogP contribution in [0, 0.1) is 11.7 Å². The molecule has 0 bridgehead atoms. The number of methoxy groups -OCH3 is 1. The van der Waals surface area contributed by atoms with Gasteiger partial charge in [-0.15, -0.1) is 0 Å². The van der Waals surface area contributed by atoms with Crippen LogP contribution in [0.25, 0.3) is 0 Å². The first-order valence-electron chi connectivity index (χ1n) is 6.56. The van der Waals surface area contributed by atoms with Crippen LogP contribution < -0.4 is 10.1 Å². The number of nitrogens with zero attached hydrogens (tertiary/aromatic N) is 1. The maximum absolute atomic E-state index is 13.9. The van der Waals surface area contributed by atoms with E-state index in [0.29, 0.717) is 11.7 Å². The molecule has 5 heteroatoms. The SMILES string of the molecule is COc1ccc(C(=O)N2CC[C@H]3CNC[C@H]32)c(F)c1. The summed E-state index contributed by atoms with van der Waals surface area (Å²) >= 11 is 0. The molecule has 0 spiro atoms. The molecule has 0 unspecified atom stereocenters. The fraction of sp³-hybridized carbons (Fsp3) is 0.500. The molecule has 2 saturated heterocycles. The molecule has 1 N–H and O–H groups in total. The molecule has 2 heterocycles. The zero-order valence-corrected chi connectivity index (χ0v) is 10.9. The van der Waals surface area contributed by atoms with Crippen LogP contribution in [0.5, 0.6) is 5.75 Å². The standard InChI is InChI=1S/C14H17FN2O2/c1-19-10-2-3-11(12(15)6-10)14(18)17-5-4-9-7-16-8-13(9)17/h2-3,6,9,13,16H,4-5,7-8H2,1H3/t9-,13+/m0/s1. The minimum atomic E-state index is -0.515. The Morgan fingerprint density at radius 3 is 3.05 bits per heavy atom. The molecule has 4 nitrogen and oxygen atoms in total. The number of hydrogen-bond acceptors (Lipinski definition) is 3. The lowest BCUT2D eigenvalue weighted by Crippen LogP contribution is -2.39. The molecule has 2 fully saturated rings. The van der Waals surface area contributed by atoms with Crippen molar-refractivity contribution in [3.63, 3.8) is 0 Å². The summed E-state index contributed by atoms with van der Waals surface area (Å²) in [5.41, 5.74) is 0.133. The number of carbonyl (C=O) groups is 1. The number of nitrogens with one attached hydrogen (secondary N) is 1. The predicted molar refractivity (Wildman–Crippen MR) is 68.8 cm³/mol. The van der Waals surface area contributed by atoms with Crippen molar-refractivity contribution in [3.05, 3.63) is 29.6 Å². The second-order valence-electron chi connectivity index (χ2n) is 5.12. The quantitative estimate of drug-likeness (QED) is 0.874. The minimum absolute atomic E-state index is 0.133. The van der Waals surface area contributed by atoms with E-state index in [9.17, 15) is 9.18 Å². The van der Waals surface area contributed by atoms with Gasteiger partial charge < -0.3 is 15.0 Å². The summed E-state index contributed by atoms with van der Waals surface area (Å²) in [4.78, 5) is 14.2. The van der Waals surface area contributed by atoms with Crippen molar-refractivity contribution in [2.75, 3.05) is 26.7 Å². The predicted octanol–water partition coefficient (Wildman–Crippen LogP) is 1.27. The Morgan fingerprint density at radius 2 is 2.32 bits per heavy atom. The van der Waals surface area contributed by atoms with Crippen LogP contribution >= 0.6 is 0 Å². The smallest absolute Gasteiger partial charge is 0.257 e. The average molecular weight is 264 g/mol. The Labute approximate surface area is 111 Å². The number of carbonyl (C=O) groups excluding carboxylic acids is 1. The Hall–Kier alpha value is -1.62. The van der Waals surface area contributed by atoms with Gasteiger partial charge in [0.1, 0.15) is 11.6 Å². The van der Waals surface area contributed by atoms with Crippen LogP contribution in [0.4, 0.5) is 4.39 Å². The summed E-state index contributed by atoms with van der Waals surface area (Å²) in [7, 11) is 1.48. The summed E-state index contributed by atoms with van der Waals surface area (Å²) in [6.45, 7) is 2.50. The first-order chi connectivity index (χ1) is 9.20. The number of rotatable bonds is 2. The summed E-state index contributed by atoms with van der Waals surface area (Å²) in [5, 5.41) is 3.29. The van der Waals surface area contributed by atoms with Crippen molar-refractivity contribution in [2.24, 2.45) is 5.92 Å². The average Bonchev–Trinajstić information content (AvgIpc) is 3.00. The molecule has 0 radical (unpaired) electrons. The summed E-state index contributed by atoms with van der Waals surface area (Å²) in [6, 6.07) is 4.60. The second kappa shape index (κ2) is 4.81. The summed E-state index contributed by atoms with van der Waals surface area (Å²) in [5.74, 6) is 0.219. The molecule has 0 saturated carbocycles. The second-order valence-corrected chi connectivity index (χ2v) is 5.12. The zero-order chi connectivity index (χ0) is 13.4. The molecule has 2 atom stereocenters. The fourth-order valence-electron chi connectivity index (χ4n) is 3.05. The molecule has 1 aromatic carbocycles. The first kappa shape index (κ1) is 12.4. The van der Waals surface area contributed by atoms with E-state index in [4.69, 9.17) is 4.74 Å². The topological polar surface area (TPSA) is 41.6 Å². The highest BCUT2D eigenvalue weighted by molar-refractivity contribution is 5.95. The normalized spacial score (nSPS) is 25.5. The molecule has 1 aromatic rings. The van der Waals surface area contributed by atoms with E-state index in [1.165, 1.54) is 19.2 Å². The van der Waals surface area contributed by atoms with Gasteiger partial charge in [-0.2, -0.15) is 0 Å². The molecule has 102 valence electrons. The van der Waals surface area contributed by atoms with E-state index in [1.54, 1.807) is 11.0 Å². The van der Waals surface area contributed by atoms with E-state index < -0.39 is 5.82 Å². The van der Waals surface area contributed by atoms with Crippen molar-refractivity contribution in [1.29, 1.82) is 0 Å². The first-order valence-corrected chi connectivity index (χ1v) is 6.56. The zero-order valence-electron chi connectivity index (χ0n) is 10.9. The van der Waals surface area contributed by atoms with Gasteiger partial charge in [-0.1, -0.05) is 0 Å². The lowest BCUT2D eigenvalue weighted by Gasteiger charge is -2.23. The Balaban J connectivity index is 1.84. The maximum atomic E-state index is 13.9. The molecule has 0 aromatic heterocycles. The molecular formula is C14H17FN2O2. The van der Waals surface area contributed by atoms with Gasteiger partial charge in [0, 0.05) is 31.7 Å². The summed E-state index contributed by atoms with van der Waals surface area (Å²) < 4.78 is 18.9. The van der Waals surface area contributed by atoms with Crippen LogP contribution in [0.3, 0.4) is 0 Å². The van der Waals surface area contributed by atoms with Gasteiger partial charge in [0.25, 0.3) is 5.91 Å². The number of benzene rings is 1. The number of ether oxygens (including phenoxy) is 1. The monoisotopic (exact) mass is 264 g/mol. The van der Waals surface area contributed by atoms with Crippen LogP contribution in [0.2, 0.25) is 0 Å². The van der Waals surface area contributed by atoms with Gasteiger partial charge in [-0.25, -0.2) is 4.39 Å². The van der Waals surface area contributed by atoms with E-state index in [-0.39, 0.29) is 17.5 Å². The molecule has 2 aliphatic rings. The Bertz CT molecular complexity index is 506. The minimum Gasteiger partial charge on any atom is -0.497 e. The van der Waals surface area contributed by atoms with Crippen molar-refractivity contribution >= 4 is 5.91 Å². The number of fused-ring (bicyclic) bond motifs is 1. The van der Waals surface area contributed by atoms with Crippen molar-refractivity contribution < 1.29 is 13.9 Å². The highest BCUT2D eigenvalue weighted by Gasteiger charge is 2.40. The lowest BCUT2D eigenvalue weighted by molar-refractivity contribution is 0.0732. The molecule has 2 aliphatic heterocycles. The maximum Gasteiger partial charge on any atom is 0.257 e. The third kappa shape index (κ3) is 2.08. The van der Waals surface area contributed by atoms with Crippen LogP contribution in [-0.2, 0) is 0 Å². The van der Waals surface area contributed by atoms with E-state index >= 15 is 0 Å². The van der Waals surface area contributed by atoms with Gasteiger partial charge >= 0.3 is 0 Å². The fourth-order valence-corrected chi connectivity index (χ4v) is 3.05. The highest BCUT2D eigenvalue weighted by Crippen LogP contribution is 2.29. The van der Waals surface area contributed by atoms with Gasteiger partial charge in [-0.3, -0.25) is 4.79 Å². The highest BCUT2D eigenvalue weighted by atomic mass is 19.1. The molecule has 19 heavy (non-hydrogen) atoms. The Morgan fingerprint density at radius 1 is 1.47 bits per heavy atom. The van der Waals surface area contributed by atoms with E-state index in [0.717, 1.165) is 26.1 Å². The van der Waals surface area contributed by atoms with Gasteiger partial charge in [0.2, 0.25) is 0 Å². The molecule has 1 amide bonds. The lowest BCUT2D eigenvalue weighted by atomic mass is 10.0. The van der Waals surface area contributed by atoms with Crippen molar-refractivity contribution in [1.82, 2.24) is 10.2 Å². The third-order valence-electron chi connectivity index (χ3n) is 4.11. The molecular weight excluding hydrogens is 247 g/mol. The van der Waals surface area contributed by atoms with Crippen LogP contribution in [-0.4, -0.2) is 43.6 Å². The van der Waals surface area contributed by atoms with Crippen molar-refractivity contribution in [3.8, 4) is 5.75 Å². The number of halogens is 1. The number of hydrogen-bond donors (Lipinski definition) is 1. The van der Waals surface area contributed by atoms with Crippen molar-refractivity contribution in [2.45, 2.75) is 12.5 Å². The number of likely N-dealkylation sites (tertiary alicyclic amines) is 1. The largest absolute Gasteiger partial charge is 0.497 e. The van der Waals surface area contributed by atoms with Gasteiger partial charge in [0.15, 0.2) is 0 Å². The number of amides is 1. The molecule has 3 rings (SSSR count).